The lowest BCUT2D eigenvalue weighted by atomic mass is 9.66. The van der Waals surface area contributed by atoms with E-state index in [4.69, 9.17) is 4.74 Å². The number of nitrogens with one attached hydrogen (secondary N) is 2. The summed E-state index contributed by atoms with van der Waals surface area (Å²) in [4.78, 5) is 40.6. The number of hydrogen-bond donors (Lipinski definition) is 3. The Labute approximate surface area is 204 Å². The minimum Gasteiger partial charge on any atom is -0.387 e. The van der Waals surface area contributed by atoms with Gasteiger partial charge in [-0.2, -0.15) is 18.3 Å². The van der Waals surface area contributed by atoms with E-state index in [1.807, 2.05) is 0 Å². The number of aromatic amines is 1. The van der Waals surface area contributed by atoms with Gasteiger partial charge in [0, 0.05) is 6.42 Å². The summed E-state index contributed by atoms with van der Waals surface area (Å²) < 4.78 is 46.7. The maximum absolute atomic E-state index is 13.5. The fourth-order valence-electron chi connectivity index (χ4n) is 5.96. The van der Waals surface area contributed by atoms with Gasteiger partial charge in [0.25, 0.3) is 5.91 Å². The van der Waals surface area contributed by atoms with Gasteiger partial charge in [-0.05, 0) is 51.5 Å². The minimum atomic E-state index is -4.64. The number of fused-ring (bicyclic) bond motifs is 5. The largest absolute Gasteiger partial charge is 0.416 e. The lowest BCUT2D eigenvalue weighted by molar-refractivity contribution is -0.138. The van der Waals surface area contributed by atoms with Crippen molar-refractivity contribution >= 4 is 23.4 Å². The van der Waals surface area contributed by atoms with Crippen LogP contribution < -0.4 is 10.2 Å². The quantitative estimate of drug-likeness (QED) is 0.548. The highest BCUT2D eigenvalue weighted by Crippen LogP contribution is 2.61. The Bertz CT molecular complexity index is 1290. The first kappa shape index (κ1) is 24.4. The van der Waals surface area contributed by atoms with Crippen LogP contribution >= 0.6 is 0 Å². The predicted molar refractivity (Wildman–Crippen MR) is 119 cm³/mol. The monoisotopic (exact) mass is 506 g/mol. The molecule has 3 aliphatic heterocycles. The third-order valence-corrected chi connectivity index (χ3v) is 7.71. The van der Waals surface area contributed by atoms with Crippen LogP contribution in [0.2, 0.25) is 0 Å². The van der Waals surface area contributed by atoms with Crippen molar-refractivity contribution in [3.63, 3.8) is 0 Å². The van der Waals surface area contributed by atoms with Crippen molar-refractivity contribution in [2.75, 3.05) is 4.90 Å². The molecule has 192 valence electrons. The molecule has 3 amide bonds. The van der Waals surface area contributed by atoms with Crippen LogP contribution in [-0.2, 0) is 20.5 Å². The van der Waals surface area contributed by atoms with Gasteiger partial charge in [0.1, 0.15) is 5.69 Å². The summed E-state index contributed by atoms with van der Waals surface area (Å²) in [5, 5.41) is 19.0. The summed E-state index contributed by atoms with van der Waals surface area (Å²) in [6.45, 7) is 6.13. The van der Waals surface area contributed by atoms with Crippen molar-refractivity contribution < 1.29 is 37.4 Å². The molecule has 0 aliphatic carbocycles. The van der Waals surface area contributed by atoms with Crippen molar-refractivity contribution in [3.8, 4) is 0 Å². The van der Waals surface area contributed by atoms with Crippen LogP contribution in [0.1, 0.15) is 60.6 Å². The molecule has 9 nitrogen and oxygen atoms in total. The van der Waals surface area contributed by atoms with Gasteiger partial charge < -0.3 is 15.2 Å². The highest BCUT2D eigenvalue weighted by atomic mass is 19.4. The Kier molecular flexibility index (Phi) is 5.18. The number of hydrogen-bond acceptors (Lipinski definition) is 6. The summed E-state index contributed by atoms with van der Waals surface area (Å²) in [5.41, 5.74) is -3.07. The number of H-pyrrole nitrogens is 1. The number of carbonyl (C=O) groups is 3. The van der Waals surface area contributed by atoms with Crippen LogP contribution in [0.25, 0.3) is 0 Å². The molecule has 2 bridgehead atoms. The minimum absolute atomic E-state index is 0.0206. The molecule has 4 heterocycles. The van der Waals surface area contributed by atoms with Crippen LogP contribution in [0, 0.1) is 18.8 Å². The van der Waals surface area contributed by atoms with Crippen molar-refractivity contribution in [2.45, 2.75) is 63.6 Å². The van der Waals surface area contributed by atoms with Gasteiger partial charge in [-0.15, -0.1) is 0 Å². The zero-order chi connectivity index (χ0) is 26.4. The smallest absolute Gasteiger partial charge is 0.387 e. The normalized spacial score (nSPS) is 32.2. The Morgan fingerprint density at radius 1 is 1.25 bits per heavy atom. The lowest BCUT2D eigenvalue weighted by Crippen LogP contribution is -2.56. The molecule has 12 heteroatoms. The number of aliphatic hydroxyl groups is 1. The zero-order valence-corrected chi connectivity index (χ0v) is 19.9. The van der Waals surface area contributed by atoms with Crippen molar-refractivity contribution in [3.05, 3.63) is 46.8 Å². The van der Waals surface area contributed by atoms with Gasteiger partial charge in [-0.3, -0.25) is 19.5 Å². The van der Waals surface area contributed by atoms with E-state index in [9.17, 15) is 32.7 Å². The van der Waals surface area contributed by atoms with E-state index in [1.165, 1.54) is 32.0 Å². The number of rotatable bonds is 4. The number of nitrogens with zero attached hydrogens (tertiary/aromatic N) is 2. The second-order valence-electron chi connectivity index (χ2n) is 10.2. The molecule has 2 aromatic rings. The van der Waals surface area contributed by atoms with Gasteiger partial charge in [0.15, 0.2) is 0 Å². The van der Waals surface area contributed by atoms with E-state index in [-0.39, 0.29) is 23.4 Å². The van der Waals surface area contributed by atoms with Crippen molar-refractivity contribution in [2.24, 2.45) is 11.8 Å². The van der Waals surface area contributed by atoms with Crippen molar-refractivity contribution in [1.82, 2.24) is 15.5 Å². The number of ether oxygens (including phenoxy) is 1. The van der Waals surface area contributed by atoms with Gasteiger partial charge in [-0.25, -0.2) is 4.90 Å². The molecule has 0 saturated carbocycles. The van der Waals surface area contributed by atoms with E-state index in [0.717, 1.165) is 11.0 Å². The Balaban J connectivity index is 1.45. The average Bonchev–Trinajstić information content (AvgIpc) is 3.47. The van der Waals surface area contributed by atoms with Gasteiger partial charge in [-0.1, -0.05) is 6.07 Å². The molecular weight excluding hydrogens is 481 g/mol. The predicted octanol–water partition coefficient (Wildman–Crippen LogP) is 2.65. The number of carbonyl (C=O) groups excluding carboxylic acids is 3. The third kappa shape index (κ3) is 3.38. The number of aromatic nitrogens is 2. The van der Waals surface area contributed by atoms with Crippen LogP contribution in [0.4, 0.5) is 18.9 Å². The number of anilines is 1. The number of halogens is 3. The van der Waals surface area contributed by atoms with Gasteiger partial charge >= 0.3 is 6.18 Å². The van der Waals surface area contributed by atoms with E-state index in [1.54, 1.807) is 13.8 Å². The summed E-state index contributed by atoms with van der Waals surface area (Å²) in [6.07, 6.45) is -5.27. The molecule has 5 rings (SSSR count). The second kappa shape index (κ2) is 7.62. The number of amides is 3. The Hall–Kier alpha value is -3.25. The van der Waals surface area contributed by atoms with E-state index in [0.29, 0.717) is 5.69 Å². The summed E-state index contributed by atoms with van der Waals surface area (Å²) in [7, 11) is 0. The average molecular weight is 506 g/mol. The first-order valence-electron chi connectivity index (χ1n) is 11.5. The summed E-state index contributed by atoms with van der Waals surface area (Å²) in [6, 6.07) is 4.11. The van der Waals surface area contributed by atoms with Crippen LogP contribution in [0.5, 0.6) is 0 Å². The maximum Gasteiger partial charge on any atom is 0.416 e. The van der Waals surface area contributed by atoms with E-state index in [2.05, 4.69) is 15.5 Å². The maximum atomic E-state index is 13.5. The molecule has 36 heavy (non-hydrogen) atoms. The fraction of sp³-hybridized carbons (Fsp3) is 0.500. The highest BCUT2D eigenvalue weighted by Gasteiger charge is 2.76. The molecular formula is C24H25F3N4O5. The molecule has 0 spiro atoms. The molecule has 0 radical (unpaired) electrons. The molecule has 3 saturated heterocycles. The number of alkyl halides is 3. The molecule has 1 aromatic carbocycles. The topological polar surface area (TPSA) is 125 Å². The molecule has 1 unspecified atom stereocenters. The Morgan fingerprint density at radius 3 is 2.53 bits per heavy atom. The van der Waals surface area contributed by atoms with E-state index < -0.39 is 64.6 Å². The molecule has 3 aliphatic rings. The first-order chi connectivity index (χ1) is 16.7. The second-order valence-corrected chi connectivity index (χ2v) is 10.2. The van der Waals surface area contributed by atoms with E-state index >= 15 is 0 Å². The number of benzene rings is 1. The molecule has 1 aromatic heterocycles. The Morgan fingerprint density at radius 2 is 1.92 bits per heavy atom. The SMILES string of the molecule is Cc1ccc(N2C(=O)[C@@H]3[C@H](C2=O)[C@]2(C)O[C@@]3(C)C[C@@H]2NC(=O)c2cc(C(C)O)[nH]n2)cc1C(F)(F)F. The van der Waals surface area contributed by atoms with Crippen LogP contribution in [-0.4, -0.2) is 50.3 Å². The number of aryl methyl sites for hydroxylation is 1. The lowest BCUT2D eigenvalue weighted by Gasteiger charge is -2.35. The molecule has 3 N–H and O–H groups in total. The summed E-state index contributed by atoms with van der Waals surface area (Å²) in [5.74, 6) is -3.72. The standard InChI is InChI=1S/C24H25F3N4O5/c1-10-5-6-12(7-13(10)24(25,26)27)31-20(34)17-18(21(31)35)23(4)16(9-22(17,3)36-23)28-19(33)15-8-14(11(2)32)29-30-15/h5-8,11,16-18,32H,9H2,1-4H3,(H,28,33)(H,29,30)/t11?,16-,17-,18+,22-,23+/m0/s1. The van der Waals surface area contributed by atoms with Gasteiger partial charge in [0.2, 0.25) is 11.8 Å². The van der Waals surface area contributed by atoms with Gasteiger partial charge in [0.05, 0.1) is 52.1 Å². The number of imide groups is 1. The van der Waals surface area contributed by atoms with Crippen LogP contribution in [0.3, 0.4) is 0 Å². The highest BCUT2D eigenvalue weighted by molar-refractivity contribution is 6.23. The zero-order valence-electron chi connectivity index (χ0n) is 19.9. The fourth-order valence-corrected chi connectivity index (χ4v) is 5.96. The van der Waals surface area contributed by atoms with Crippen LogP contribution in [0.15, 0.2) is 24.3 Å². The third-order valence-electron chi connectivity index (χ3n) is 7.71. The number of aliphatic hydroxyl groups excluding tert-OH is 1. The van der Waals surface area contributed by atoms with Crippen molar-refractivity contribution in [1.29, 1.82) is 0 Å². The molecule has 3 fully saturated rings. The first-order valence-corrected chi connectivity index (χ1v) is 11.5. The molecule has 6 atom stereocenters. The summed E-state index contributed by atoms with van der Waals surface area (Å²) >= 11 is 0.